The lowest BCUT2D eigenvalue weighted by atomic mass is 10.2. The molecule has 0 amide bonds. The van der Waals surface area contributed by atoms with Gasteiger partial charge in [-0.25, -0.2) is 0 Å². The lowest BCUT2D eigenvalue weighted by Gasteiger charge is -1.93. The smallest absolute Gasteiger partial charge is 0.175 e. The summed E-state index contributed by atoms with van der Waals surface area (Å²) < 4.78 is 0. The van der Waals surface area contributed by atoms with Gasteiger partial charge in [0, 0.05) is 12.6 Å². The number of aromatic amines is 1. The molecule has 0 saturated heterocycles. The Bertz CT molecular complexity index is 263. The van der Waals surface area contributed by atoms with Crippen LogP contribution in [0.2, 0.25) is 0 Å². The first-order valence-electron chi connectivity index (χ1n) is 4.43. The van der Waals surface area contributed by atoms with E-state index >= 15 is 0 Å². The van der Waals surface area contributed by atoms with E-state index in [1.807, 2.05) is 12.1 Å². The molecule has 0 saturated carbocycles. The second kappa shape index (κ2) is 4.10. The molecule has 0 aliphatic heterocycles. The Morgan fingerprint density at radius 2 is 2.25 bits per heavy atom. The minimum Gasteiger partial charge on any atom is -0.356 e. The molecule has 66 valence electrons. The van der Waals surface area contributed by atoms with Crippen LogP contribution in [0.25, 0.3) is 0 Å². The maximum Gasteiger partial charge on any atom is 0.175 e. The third-order valence-corrected chi connectivity index (χ3v) is 1.93. The molecule has 0 unspecified atom stereocenters. The van der Waals surface area contributed by atoms with Crippen LogP contribution in [-0.4, -0.2) is 10.8 Å². The average Bonchev–Trinajstić information content (AvgIpc) is 2.48. The van der Waals surface area contributed by atoms with E-state index in [0.717, 1.165) is 12.1 Å². The lowest BCUT2D eigenvalue weighted by Crippen LogP contribution is -1.92. The second-order valence-electron chi connectivity index (χ2n) is 3.06. The first-order chi connectivity index (χ1) is 5.74. The van der Waals surface area contributed by atoms with Crippen molar-refractivity contribution in [3.05, 3.63) is 23.5 Å². The van der Waals surface area contributed by atoms with Crippen molar-refractivity contribution < 1.29 is 4.79 Å². The summed E-state index contributed by atoms with van der Waals surface area (Å²) in [7, 11) is 0. The number of H-pyrrole nitrogens is 1. The van der Waals surface area contributed by atoms with Gasteiger partial charge in [0.05, 0.1) is 5.69 Å². The molecule has 1 rings (SSSR count). The molecular formula is C10H15NO. The zero-order valence-electron chi connectivity index (χ0n) is 7.68. The van der Waals surface area contributed by atoms with Gasteiger partial charge in [0.1, 0.15) is 0 Å². The highest BCUT2D eigenvalue weighted by atomic mass is 16.1. The van der Waals surface area contributed by atoms with Gasteiger partial charge >= 0.3 is 0 Å². The minimum absolute atomic E-state index is 0.109. The summed E-state index contributed by atoms with van der Waals surface area (Å²) in [5, 5.41) is 0. The van der Waals surface area contributed by atoms with Crippen molar-refractivity contribution in [3.63, 3.8) is 0 Å². The summed E-state index contributed by atoms with van der Waals surface area (Å²) in [6.07, 6.45) is 3.41. The van der Waals surface area contributed by atoms with E-state index in [1.54, 1.807) is 6.92 Å². The fourth-order valence-corrected chi connectivity index (χ4v) is 1.16. The standard InChI is InChI=1S/C10H15NO/c1-3-4-5-9-6-7-10(11-9)8(2)12/h6-7,11H,3-5H2,1-2H3. The van der Waals surface area contributed by atoms with Gasteiger partial charge in [-0.3, -0.25) is 4.79 Å². The molecular weight excluding hydrogens is 150 g/mol. The molecule has 1 aromatic rings. The van der Waals surface area contributed by atoms with Crippen LogP contribution in [0.1, 0.15) is 42.9 Å². The van der Waals surface area contributed by atoms with Gasteiger partial charge < -0.3 is 4.98 Å². The number of nitrogens with one attached hydrogen (secondary N) is 1. The van der Waals surface area contributed by atoms with E-state index in [1.165, 1.54) is 18.5 Å². The molecule has 0 spiro atoms. The molecule has 0 bridgehead atoms. The number of ketones is 1. The van der Waals surface area contributed by atoms with Gasteiger partial charge in [-0.1, -0.05) is 13.3 Å². The normalized spacial score (nSPS) is 10.2. The molecule has 0 atom stereocenters. The monoisotopic (exact) mass is 165 g/mol. The van der Waals surface area contributed by atoms with Gasteiger partial charge in [-0.05, 0) is 25.0 Å². The Kier molecular flexibility index (Phi) is 3.09. The molecule has 1 N–H and O–H groups in total. The Hall–Kier alpha value is -1.05. The van der Waals surface area contributed by atoms with E-state index in [2.05, 4.69) is 11.9 Å². The fraction of sp³-hybridized carbons (Fsp3) is 0.500. The Morgan fingerprint density at radius 1 is 1.50 bits per heavy atom. The van der Waals surface area contributed by atoms with Gasteiger partial charge in [0.25, 0.3) is 0 Å². The highest BCUT2D eigenvalue weighted by molar-refractivity contribution is 5.92. The van der Waals surface area contributed by atoms with E-state index in [9.17, 15) is 4.79 Å². The Labute approximate surface area is 73.0 Å². The van der Waals surface area contributed by atoms with Crippen LogP contribution in [0, 0.1) is 0 Å². The molecule has 0 aliphatic carbocycles. The average molecular weight is 165 g/mol. The van der Waals surface area contributed by atoms with Crippen molar-refractivity contribution in [3.8, 4) is 0 Å². The van der Waals surface area contributed by atoms with E-state index < -0.39 is 0 Å². The largest absolute Gasteiger partial charge is 0.356 e. The van der Waals surface area contributed by atoms with Crippen LogP contribution in [0.5, 0.6) is 0 Å². The summed E-state index contributed by atoms with van der Waals surface area (Å²) in [4.78, 5) is 14.0. The highest BCUT2D eigenvalue weighted by Gasteiger charge is 2.01. The van der Waals surface area contributed by atoms with E-state index in [4.69, 9.17) is 0 Å². The van der Waals surface area contributed by atoms with Crippen molar-refractivity contribution in [1.82, 2.24) is 4.98 Å². The Morgan fingerprint density at radius 3 is 2.75 bits per heavy atom. The molecule has 2 nitrogen and oxygen atoms in total. The van der Waals surface area contributed by atoms with Gasteiger partial charge in [0.2, 0.25) is 0 Å². The van der Waals surface area contributed by atoms with Gasteiger partial charge in [0.15, 0.2) is 5.78 Å². The maximum absolute atomic E-state index is 10.9. The van der Waals surface area contributed by atoms with Crippen molar-refractivity contribution in [2.75, 3.05) is 0 Å². The molecule has 0 aliphatic rings. The van der Waals surface area contributed by atoms with Gasteiger partial charge in [-0.15, -0.1) is 0 Å². The van der Waals surface area contributed by atoms with Crippen LogP contribution in [0.3, 0.4) is 0 Å². The van der Waals surface area contributed by atoms with Crippen molar-refractivity contribution in [1.29, 1.82) is 0 Å². The number of carbonyl (C=O) groups is 1. The van der Waals surface area contributed by atoms with E-state index in [-0.39, 0.29) is 5.78 Å². The first kappa shape index (κ1) is 9.04. The van der Waals surface area contributed by atoms with Crippen LogP contribution >= 0.6 is 0 Å². The highest BCUT2D eigenvalue weighted by Crippen LogP contribution is 2.06. The zero-order chi connectivity index (χ0) is 8.97. The molecule has 0 fully saturated rings. The zero-order valence-corrected chi connectivity index (χ0v) is 7.68. The molecule has 12 heavy (non-hydrogen) atoms. The molecule has 2 heteroatoms. The summed E-state index contributed by atoms with van der Waals surface area (Å²) >= 11 is 0. The third kappa shape index (κ3) is 2.22. The van der Waals surface area contributed by atoms with Crippen molar-refractivity contribution in [2.45, 2.75) is 33.1 Å². The Balaban J connectivity index is 2.58. The minimum atomic E-state index is 0.109. The number of unbranched alkanes of at least 4 members (excludes halogenated alkanes) is 1. The number of carbonyl (C=O) groups excluding carboxylic acids is 1. The summed E-state index contributed by atoms with van der Waals surface area (Å²) in [6.45, 7) is 3.74. The molecule has 0 aromatic carbocycles. The summed E-state index contributed by atoms with van der Waals surface area (Å²) in [6, 6.07) is 3.85. The summed E-state index contributed by atoms with van der Waals surface area (Å²) in [5.74, 6) is 0.109. The van der Waals surface area contributed by atoms with Crippen LogP contribution in [0.4, 0.5) is 0 Å². The number of aryl methyl sites for hydroxylation is 1. The first-order valence-corrected chi connectivity index (χ1v) is 4.43. The topological polar surface area (TPSA) is 32.9 Å². The number of Topliss-reactive ketones (excluding diaryl/α,β-unsaturated/α-hetero) is 1. The van der Waals surface area contributed by atoms with E-state index in [0.29, 0.717) is 0 Å². The number of hydrogen-bond donors (Lipinski definition) is 1. The molecule has 1 aromatic heterocycles. The predicted octanol–water partition coefficient (Wildman–Crippen LogP) is 2.56. The number of hydrogen-bond acceptors (Lipinski definition) is 1. The third-order valence-electron chi connectivity index (χ3n) is 1.93. The van der Waals surface area contributed by atoms with Crippen molar-refractivity contribution >= 4 is 5.78 Å². The molecule has 0 radical (unpaired) electrons. The molecule has 1 heterocycles. The summed E-state index contributed by atoms with van der Waals surface area (Å²) in [5.41, 5.74) is 1.89. The number of aromatic nitrogens is 1. The number of rotatable bonds is 4. The fourth-order valence-electron chi connectivity index (χ4n) is 1.16. The van der Waals surface area contributed by atoms with Crippen LogP contribution in [-0.2, 0) is 6.42 Å². The SMILES string of the molecule is CCCCc1ccc(C(C)=O)[nH]1. The van der Waals surface area contributed by atoms with Crippen LogP contribution < -0.4 is 0 Å². The van der Waals surface area contributed by atoms with Crippen molar-refractivity contribution in [2.24, 2.45) is 0 Å². The second-order valence-corrected chi connectivity index (χ2v) is 3.06. The predicted molar refractivity (Wildman–Crippen MR) is 49.4 cm³/mol. The quantitative estimate of drug-likeness (QED) is 0.683. The van der Waals surface area contributed by atoms with Crippen LogP contribution in [0.15, 0.2) is 12.1 Å². The maximum atomic E-state index is 10.9. The lowest BCUT2D eigenvalue weighted by molar-refractivity contribution is 0.101. The van der Waals surface area contributed by atoms with Gasteiger partial charge in [-0.2, -0.15) is 0 Å².